The summed E-state index contributed by atoms with van der Waals surface area (Å²) in [5.74, 6) is 0.425. The molecule has 0 aliphatic carbocycles. The molecule has 0 bridgehead atoms. The summed E-state index contributed by atoms with van der Waals surface area (Å²) >= 11 is 13.2. The average Bonchev–Trinajstić information content (AvgIpc) is 2.64. The van der Waals surface area contributed by atoms with Gasteiger partial charge in [-0.3, -0.25) is 4.79 Å². The van der Waals surface area contributed by atoms with Crippen molar-refractivity contribution in [1.82, 2.24) is 0 Å². The summed E-state index contributed by atoms with van der Waals surface area (Å²) in [5, 5.41) is 0.499. The van der Waals surface area contributed by atoms with Crippen LogP contribution < -0.4 is 10.5 Å². The van der Waals surface area contributed by atoms with Crippen LogP contribution in [0.25, 0.3) is 0 Å². The number of benzene rings is 2. The van der Waals surface area contributed by atoms with Crippen LogP contribution in [0.5, 0.6) is 5.75 Å². The van der Waals surface area contributed by atoms with Crippen LogP contribution >= 0.6 is 43.5 Å². The molecule has 0 aliphatic rings. The molecule has 0 amide bonds. The van der Waals surface area contributed by atoms with Crippen molar-refractivity contribution in [2.24, 2.45) is 0 Å². The molecule has 0 aromatic heterocycles. The Morgan fingerprint density at radius 3 is 2.38 bits per heavy atom. The van der Waals surface area contributed by atoms with E-state index in [9.17, 15) is 4.79 Å². The first kappa shape index (κ1) is 22.8. The van der Waals surface area contributed by atoms with E-state index in [1.807, 2.05) is 38.1 Å². The number of rotatable bonds is 6. The van der Waals surface area contributed by atoms with Crippen molar-refractivity contribution in [1.29, 1.82) is 0 Å². The number of carbonyl (C=O) groups excluding carboxylic acids is 1. The van der Waals surface area contributed by atoms with Gasteiger partial charge >= 0.3 is 5.97 Å². The summed E-state index contributed by atoms with van der Waals surface area (Å²) in [7, 11) is 1.38. The largest absolute Gasteiger partial charge is 0.486 e. The van der Waals surface area contributed by atoms with Gasteiger partial charge in [0.2, 0.25) is 0 Å². The molecule has 0 spiro atoms. The maximum Gasteiger partial charge on any atom is 0.305 e. The highest BCUT2D eigenvalue weighted by Crippen LogP contribution is 2.36. The van der Waals surface area contributed by atoms with E-state index < -0.39 is 0 Å². The number of aryl methyl sites for hydroxylation is 1. The zero-order valence-electron chi connectivity index (χ0n) is 14.9. The molecule has 142 valence electrons. The van der Waals surface area contributed by atoms with E-state index in [4.69, 9.17) is 22.1 Å². The standard InChI is InChI=1S/C17H16Br2ClNO3.C2H6/c1-23-15(22)6-5-10-7-12(18)17(13(19)8-10)24-9-11-3-2-4-14(21)16(11)20;1-2/h2-4,7-8H,5-6,9,21H2,1H3;1-2H3. The lowest BCUT2D eigenvalue weighted by atomic mass is 10.1. The van der Waals surface area contributed by atoms with Gasteiger partial charge in [0.15, 0.2) is 0 Å². The van der Waals surface area contributed by atoms with Crippen molar-refractivity contribution in [3.8, 4) is 5.75 Å². The number of hydrogen-bond acceptors (Lipinski definition) is 4. The number of nitrogen functional groups attached to an aromatic ring is 1. The Morgan fingerprint density at radius 2 is 1.81 bits per heavy atom. The lowest BCUT2D eigenvalue weighted by molar-refractivity contribution is -0.140. The van der Waals surface area contributed by atoms with E-state index in [0.29, 0.717) is 35.9 Å². The number of carbonyl (C=O) groups is 1. The number of nitrogens with two attached hydrogens (primary N) is 1. The molecule has 0 radical (unpaired) electrons. The molecule has 0 heterocycles. The number of anilines is 1. The molecule has 0 fully saturated rings. The lowest BCUT2D eigenvalue weighted by Gasteiger charge is -2.13. The number of halogens is 3. The molecular weight excluding hydrogens is 485 g/mol. The van der Waals surface area contributed by atoms with Crippen molar-refractivity contribution < 1.29 is 14.3 Å². The van der Waals surface area contributed by atoms with Crippen molar-refractivity contribution >= 4 is 55.1 Å². The Labute approximate surface area is 176 Å². The van der Waals surface area contributed by atoms with Gasteiger partial charge < -0.3 is 15.2 Å². The maximum atomic E-state index is 11.2. The fraction of sp³-hybridized carbons (Fsp3) is 0.316. The van der Waals surface area contributed by atoms with Crippen molar-refractivity contribution in [2.45, 2.75) is 33.3 Å². The summed E-state index contributed by atoms with van der Waals surface area (Å²) in [6.45, 7) is 4.29. The monoisotopic (exact) mass is 505 g/mol. The number of esters is 1. The Balaban J connectivity index is 0.00000163. The maximum absolute atomic E-state index is 11.2. The first-order valence-corrected chi connectivity index (χ1v) is 10.1. The van der Waals surface area contributed by atoms with E-state index in [0.717, 1.165) is 20.1 Å². The highest BCUT2D eigenvalue weighted by Gasteiger charge is 2.12. The topological polar surface area (TPSA) is 61.5 Å². The molecule has 0 unspecified atom stereocenters. The SMILES string of the molecule is CC.COC(=O)CCc1cc(Br)c(OCc2cccc(N)c2Cl)c(Br)c1. The molecule has 0 saturated heterocycles. The first-order valence-electron chi connectivity index (χ1n) is 8.12. The number of ether oxygens (including phenoxy) is 2. The zero-order valence-corrected chi connectivity index (χ0v) is 18.9. The number of hydrogen-bond donors (Lipinski definition) is 1. The molecule has 2 N–H and O–H groups in total. The van der Waals surface area contributed by atoms with Gasteiger partial charge in [0.05, 0.1) is 26.8 Å². The average molecular weight is 508 g/mol. The highest BCUT2D eigenvalue weighted by atomic mass is 79.9. The molecule has 7 heteroatoms. The van der Waals surface area contributed by atoms with Gasteiger partial charge in [-0.05, 0) is 62.0 Å². The summed E-state index contributed by atoms with van der Waals surface area (Å²) in [6.07, 6.45) is 0.916. The van der Waals surface area contributed by atoms with Crippen LogP contribution in [0, 0.1) is 0 Å². The smallest absolute Gasteiger partial charge is 0.305 e. The minimum absolute atomic E-state index is 0.237. The second-order valence-corrected chi connectivity index (χ2v) is 7.16. The minimum atomic E-state index is -0.237. The van der Waals surface area contributed by atoms with Crippen molar-refractivity contribution in [3.63, 3.8) is 0 Å². The fourth-order valence-electron chi connectivity index (χ4n) is 2.10. The van der Waals surface area contributed by atoms with Crippen LogP contribution in [0.1, 0.15) is 31.4 Å². The van der Waals surface area contributed by atoms with E-state index in [-0.39, 0.29) is 5.97 Å². The predicted octanol–water partition coefficient (Wildman–Crippen LogP) is 6.16. The summed E-state index contributed by atoms with van der Waals surface area (Å²) in [4.78, 5) is 11.2. The van der Waals surface area contributed by atoms with Gasteiger partial charge in [-0.15, -0.1) is 0 Å². The molecular formula is C19H22Br2ClNO3. The second kappa shape index (κ2) is 11.5. The quantitative estimate of drug-likeness (QED) is 0.376. The van der Waals surface area contributed by atoms with Gasteiger partial charge in [0, 0.05) is 12.0 Å². The Kier molecular flexibility index (Phi) is 10.1. The van der Waals surface area contributed by atoms with Crippen molar-refractivity contribution in [2.75, 3.05) is 12.8 Å². The molecule has 2 aromatic carbocycles. The molecule has 0 aliphatic heterocycles. The molecule has 2 aromatic rings. The molecule has 4 nitrogen and oxygen atoms in total. The third-order valence-corrected chi connectivity index (χ3v) is 5.02. The molecule has 0 saturated carbocycles. The fourth-order valence-corrected chi connectivity index (χ4v) is 3.79. The van der Waals surface area contributed by atoms with Crippen LogP contribution in [-0.4, -0.2) is 13.1 Å². The van der Waals surface area contributed by atoms with E-state index >= 15 is 0 Å². The highest BCUT2D eigenvalue weighted by molar-refractivity contribution is 9.11. The normalized spacial score (nSPS) is 9.92. The van der Waals surface area contributed by atoms with Gasteiger partial charge in [-0.2, -0.15) is 0 Å². The summed E-state index contributed by atoms with van der Waals surface area (Å²) in [6, 6.07) is 9.28. The number of methoxy groups -OCH3 is 1. The van der Waals surface area contributed by atoms with Crippen LogP contribution in [0.4, 0.5) is 5.69 Å². The van der Waals surface area contributed by atoms with Crippen molar-refractivity contribution in [3.05, 3.63) is 55.4 Å². The van der Waals surface area contributed by atoms with E-state index in [1.54, 1.807) is 6.07 Å². The Hall–Kier alpha value is -1.24. The Bertz CT molecular complexity index is 731. The Morgan fingerprint density at radius 1 is 1.19 bits per heavy atom. The van der Waals surface area contributed by atoms with E-state index in [1.165, 1.54) is 7.11 Å². The van der Waals surface area contributed by atoms with E-state index in [2.05, 4.69) is 36.6 Å². The minimum Gasteiger partial charge on any atom is -0.486 e. The summed E-state index contributed by atoms with van der Waals surface area (Å²) < 4.78 is 12.1. The van der Waals surface area contributed by atoms with Crippen LogP contribution in [-0.2, 0) is 22.6 Å². The lowest BCUT2D eigenvalue weighted by Crippen LogP contribution is -2.03. The zero-order chi connectivity index (χ0) is 19.7. The molecule has 26 heavy (non-hydrogen) atoms. The second-order valence-electron chi connectivity index (χ2n) is 5.07. The summed E-state index contributed by atoms with van der Waals surface area (Å²) in [5.41, 5.74) is 8.12. The van der Waals surface area contributed by atoms with Gasteiger partial charge in [0.1, 0.15) is 12.4 Å². The van der Waals surface area contributed by atoms with Gasteiger partial charge in [-0.1, -0.05) is 37.6 Å². The predicted molar refractivity (Wildman–Crippen MR) is 114 cm³/mol. The van der Waals surface area contributed by atoms with Gasteiger partial charge in [0.25, 0.3) is 0 Å². The first-order chi connectivity index (χ1) is 12.4. The van der Waals surface area contributed by atoms with Gasteiger partial charge in [-0.25, -0.2) is 0 Å². The van der Waals surface area contributed by atoms with Crippen LogP contribution in [0.15, 0.2) is 39.3 Å². The van der Waals surface area contributed by atoms with Crippen LogP contribution in [0.2, 0.25) is 5.02 Å². The molecule has 2 rings (SSSR count). The van der Waals surface area contributed by atoms with Crippen LogP contribution in [0.3, 0.4) is 0 Å². The third-order valence-electron chi connectivity index (χ3n) is 3.38. The molecule has 0 atom stereocenters. The third kappa shape index (κ3) is 6.49.